The second kappa shape index (κ2) is 9.17. The number of rotatable bonds is 8. The fraction of sp³-hybridized carbons (Fsp3) is 0.143. The standard InChI is InChI=1S/C21H19ClN2O4S/c22-18-7-9-19(10-8-18)29(27,28)24-20(17-2-1-11-23-14-17)12-15-3-5-16(6-4-15)13-21(25)26/h1-11,14,20,24H,12-13H2,(H,25,26). The summed E-state index contributed by atoms with van der Waals surface area (Å²) < 4.78 is 28.4. The zero-order valence-electron chi connectivity index (χ0n) is 15.3. The molecule has 0 aliphatic carbocycles. The topological polar surface area (TPSA) is 96.4 Å². The van der Waals surface area contributed by atoms with Crippen LogP contribution in [0.5, 0.6) is 0 Å². The van der Waals surface area contributed by atoms with E-state index in [4.69, 9.17) is 16.7 Å². The first-order chi connectivity index (χ1) is 13.8. The van der Waals surface area contributed by atoms with Crippen molar-refractivity contribution < 1.29 is 18.3 Å². The van der Waals surface area contributed by atoms with Crippen molar-refractivity contribution in [3.05, 3.63) is 94.8 Å². The Balaban J connectivity index is 1.85. The Kier molecular flexibility index (Phi) is 6.64. The number of carboxylic acid groups (broad SMARTS) is 1. The normalized spacial score (nSPS) is 12.4. The highest BCUT2D eigenvalue weighted by Gasteiger charge is 2.22. The molecule has 0 aliphatic heterocycles. The Labute approximate surface area is 174 Å². The van der Waals surface area contributed by atoms with Crippen molar-refractivity contribution in [2.24, 2.45) is 0 Å². The van der Waals surface area contributed by atoms with Gasteiger partial charge in [0.25, 0.3) is 0 Å². The van der Waals surface area contributed by atoms with Gasteiger partial charge in [0.1, 0.15) is 0 Å². The van der Waals surface area contributed by atoms with Gasteiger partial charge in [0.05, 0.1) is 17.4 Å². The summed E-state index contributed by atoms with van der Waals surface area (Å²) in [6, 6.07) is 16.0. The molecule has 0 aliphatic rings. The molecule has 1 atom stereocenters. The number of carbonyl (C=O) groups is 1. The minimum atomic E-state index is -3.78. The molecule has 1 aromatic heterocycles. The molecule has 0 spiro atoms. The third-order valence-corrected chi connectivity index (χ3v) is 6.07. The van der Waals surface area contributed by atoms with Crippen LogP contribution in [0, 0.1) is 0 Å². The lowest BCUT2D eigenvalue weighted by molar-refractivity contribution is -0.136. The van der Waals surface area contributed by atoms with E-state index < -0.39 is 22.0 Å². The number of benzene rings is 2. The highest BCUT2D eigenvalue weighted by molar-refractivity contribution is 7.89. The maximum Gasteiger partial charge on any atom is 0.307 e. The molecule has 0 bridgehead atoms. The molecule has 2 N–H and O–H groups in total. The van der Waals surface area contributed by atoms with Gasteiger partial charge in [0, 0.05) is 17.4 Å². The fourth-order valence-corrected chi connectivity index (χ4v) is 4.23. The van der Waals surface area contributed by atoms with E-state index in [1.165, 1.54) is 24.3 Å². The second-order valence-electron chi connectivity index (χ2n) is 6.51. The lowest BCUT2D eigenvalue weighted by atomic mass is 9.99. The maximum atomic E-state index is 12.9. The summed E-state index contributed by atoms with van der Waals surface area (Å²) in [4.78, 5) is 15.0. The maximum absolute atomic E-state index is 12.9. The Morgan fingerprint density at radius 3 is 2.28 bits per heavy atom. The summed E-state index contributed by atoms with van der Waals surface area (Å²) in [5.74, 6) is -0.901. The number of pyridine rings is 1. The number of nitrogens with one attached hydrogen (secondary N) is 1. The first-order valence-corrected chi connectivity index (χ1v) is 10.7. The summed E-state index contributed by atoms with van der Waals surface area (Å²) in [6.07, 6.45) is 3.56. The van der Waals surface area contributed by atoms with Crippen LogP contribution in [0.25, 0.3) is 0 Å². The molecule has 3 rings (SSSR count). The largest absolute Gasteiger partial charge is 0.481 e. The van der Waals surface area contributed by atoms with E-state index in [1.54, 1.807) is 48.8 Å². The van der Waals surface area contributed by atoms with Crippen molar-refractivity contribution >= 4 is 27.6 Å². The Hall–Kier alpha value is -2.74. The van der Waals surface area contributed by atoms with Gasteiger partial charge < -0.3 is 5.11 Å². The number of hydrogen-bond donors (Lipinski definition) is 2. The average molecular weight is 431 g/mol. The van der Waals surface area contributed by atoms with Gasteiger partial charge in [0.2, 0.25) is 10.0 Å². The molecule has 1 heterocycles. The number of nitrogens with zero attached hydrogens (tertiary/aromatic N) is 1. The van der Waals surface area contributed by atoms with Crippen molar-refractivity contribution in [2.75, 3.05) is 0 Å². The number of carboxylic acids is 1. The first-order valence-electron chi connectivity index (χ1n) is 8.81. The van der Waals surface area contributed by atoms with E-state index in [9.17, 15) is 13.2 Å². The summed E-state index contributed by atoms with van der Waals surface area (Å²) in [5.41, 5.74) is 2.27. The Bertz CT molecular complexity index is 1070. The monoisotopic (exact) mass is 430 g/mol. The quantitative estimate of drug-likeness (QED) is 0.569. The van der Waals surface area contributed by atoms with Crippen molar-refractivity contribution in [1.29, 1.82) is 0 Å². The van der Waals surface area contributed by atoms with Crippen LogP contribution >= 0.6 is 11.6 Å². The van der Waals surface area contributed by atoms with E-state index in [0.717, 1.165) is 11.1 Å². The minimum Gasteiger partial charge on any atom is -0.481 e. The molecule has 1 unspecified atom stereocenters. The van der Waals surface area contributed by atoms with Gasteiger partial charge >= 0.3 is 5.97 Å². The predicted molar refractivity (Wildman–Crippen MR) is 110 cm³/mol. The van der Waals surface area contributed by atoms with Gasteiger partial charge in [-0.25, -0.2) is 13.1 Å². The van der Waals surface area contributed by atoms with E-state index in [2.05, 4.69) is 9.71 Å². The molecule has 2 aromatic carbocycles. The zero-order valence-corrected chi connectivity index (χ0v) is 16.9. The third-order valence-electron chi connectivity index (χ3n) is 4.33. The minimum absolute atomic E-state index is 0.0600. The van der Waals surface area contributed by atoms with Gasteiger partial charge in [-0.1, -0.05) is 41.9 Å². The second-order valence-corrected chi connectivity index (χ2v) is 8.66. The van der Waals surface area contributed by atoms with Crippen LogP contribution in [0.15, 0.2) is 78.0 Å². The fourth-order valence-electron chi connectivity index (χ4n) is 2.88. The van der Waals surface area contributed by atoms with Crippen LogP contribution < -0.4 is 4.72 Å². The first kappa shape index (κ1) is 21.0. The van der Waals surface area contributed by atoms with Crippen molar-refractivity contribution in [3.63, 3.8) is 0 Å². The molecule has 150 valence electrons. The van der Waals surface area contributed by atoms with Crippen LogP contribution in [-0.2, 0) is 27.7 Å². The lowest BCUT2D eigenvalue weighted by Crippen LogP contribution is -2.30. The average Bonchev–Trinajstić information content (AvgIpc) is 2.69. The summed E-state index contributed by atoms with van der Waals surface area (Å²) >= 11 is 5.85. The van der Waals surface area contributed by atoms with Crippen LogP contribution in [-0.4, -0.2) is 24.5 Å². The lowest BCUT2D eigenvalue weighted by Gasteiger charge is -2.19. The number of aliphatic carboxylic acids is 1. The van der Waals surface area contributed by atoms with E-state index >= 15 is 0 Å². The summed E-state index contributed by atoms with van der Waals surface area (Å²) in [6.45, 7) is 0. The van der Waals surface area contributed by atoms with E-state index in [0.29, 0.717) is 17.0 Å². The molecule has 0 radical (unpaired) electrons. The van der Waals surface area contributed by atoms with Crippen molar-refractivity contribution in [2.45, 2.75) is 23.8 Å². The molecule has 29 heavy (non-hydrogen) atoms. The number of sulfonamides is 1. The van der Waals surface area contributed by atoms with Crippen molar-refractivity contribution in [1.82, 2.24) is 9.71 Å². The van der Waals surface area contributed by atoms with Crippen LogP contribution in [0.1, 0.15) is 22.7 Å². The predicted octanol–water partition coefficient (Wildman–Crippen LogP) is 3.62. The highest BCUT2D eigenvalue weighted by Crippen LogP contribution is 2.22. The van der Waals surface area contributed by atoms with Crippen LogP contribution in [0.2, 0.25) is 5.02 Å². The molecule has 0 saturated heterocycles. The number of halogens is 1. The van der Waals surface area contributed by atoms with Gasteiger partial charge in [-0.2, -0.15) is 0 Å². The molecule has 0 amide bonds. The van der Waals surface area contributed by atoms with Gasteiger partial charge in [-0.05, 0) is 53.4 Å². The number of aromatic nitrogens is 1. The van der Waals surface area contributed by atoms with Gasteiger partial charge in [-0.15, -0.1) is 0 Å². The zero-order chi connectivity index (χ0) is 20.9. The van der Waals surface area contributed by atoms with Crippen LogP contribution in [0.4, 0.5) is 0 Å². The highest BCUT2D eigenvalue weighted by atomic mass is 35.5. The van der Waals surface area contributed by atoms with Crippen molar-refractivity contribution in [3.8, 4) is 0 Å². The smallest absolute Gasteiger partial charge is 0.307 e. The summed E-state index contributed by atoms with van der Waals surface area (Å²) in [5, 5.41) is 9.34. The summed E-state index contributed by atoms with van der Waals surface area (Å²) in [7, 11) is -3.78. The van der Waals surface area contributed by atoms with Gasteiger partial charge in [-0.3, -0.25) is 9.78 Å². The SMILES string of the molecule is O=C(O)Cc1ccc(CC(NS(=O)(=O)c2ccc(Cl)cc2)c2cccnc2)cc1. The number of hydrogen-bond acceptors (Lipinski definition) is 4. The third kappa shape index (κ3) is 5.87. The Morgan fingerprint density at radius 1 is 1.03 bits per heavy atom. The molecular formula is C21H19ClN2O4S. The Morgan fingerprint density at radius 2 is 1.69 bits per heavy atom. The molecule has 6 nitrogen and oxygen atoms in total. The van der Waals surface area contributed by atoms with Crippen LogP contribution in [0.3, 0.4) is 0 Å². The van der Waals surface area contributed by atoms with Gasteiger partial charge in [0.15, 0.2) is 0 Å². The van der Waals surface area contributed by atoms with E-state index in [-0.39, 0.29) is 11.3 Å². The van der Waals surface area contributed by atoms with E-state index in [1.807, 2.05) is 0 Å². The molecular weight excluding hydrogens is 412 g/mol. The molecule has 0 fully saturated rings. The molecule has 3 aromatic rings. The molecule has 0 saturated carbocycles. The molecule has 8 heteroatoms.